The highest BCUT2D eigenvalue weighted by Gasteiger charge is 2.21. The van der Waals surface area contributed by atoms with Crippen molar-refractivity contribution in [1.82, 2.24) is 19.2 Å². The van der Waals surface area contributed by atoms with Gasteiger partial charge in [-0.05, 0) is 12.1 Å². The number of aromatic nitrogens is 2. The van der Waals surface area contributed by atoms with E-state index in [9.17, 15) is 4.79 Å². The minimum Gasteiger partial charge on any atom is -0.375 e. The Morgan fingerprint density at radius 2 is 2.10 bits per heavy atom. The van der Waals surface area contributed by atoms with E-state index in [0.29, 0.717) is 0 Å². The van der Waals surface area contributed by atoms with E-state index in [1.165, 1.54) is 0 Å². The lowest BCUT2D eigenvalue weighted by Gasteiger charge is -2.34. The van der Waals surface area contributed by atoms with Crippen LogP contribution in [0.3, 0.4) is 0 Å². The Kier molecular flexibility index (Phi) is 4.17. The maximum Gasteiger partial charge on any atom is 0.248 e. The molecule has 21 heavy (non-hydrogen) atoms. The molecular formula is C15H20N4O2. The molecule has 1 fully saturated rings. The number of hydrogen-bond donors (Lipinski definition) is 0. The van der Waals surface area contributed by atoms with E-state index < -0.39 is 0 Å². The summed E-state index contributed by atoms with van der Waals surface area (Å²) in [7, 11) is 1.55. The molecule has 6 nitrogen and oxygen atoms in total. The molecule has 1 amide bonds. The van der Waals surface area contributed by atoms with Gasteiger partial charge in [0.25, 0.3) is 0 Å². The van der Waals surface area contributed by atoms with Crippen LogP contribution in [0.25, 0.3) is 5.65 Å². The van der Waals surface area contributed by atoms with Gasteiger partial charge in [0.05, 0.1) is 5.69 Å². The first-order valence-corrected chi connectivity index (χ1v) is 7.18. The van der Waals surface area contributed by atoms with Gasteiger partial charge >= 0.3 is 0 Å². The molecule has 0 atom stereocenters. The van der Waals surface area contributed by atoms with E-state index in [2.05, 4.69) is 16.1 Å². The Labute approximate surface area is 123 Å². The molecule has 0 aromatic carbocycles. The summed E-state index contributed by atoms with van der Waals surface area (Å²) < 4.78 is 6.93. The number of carbonyl (C=O) groups excluding carboxylic acids is 1. The van der Waals surface area contributed by atoms with Crippen molar-refractivity contribution in [2.24, 2.45) is 0 Å². The largest absolute Gasteiger partial charge is 0.375 e. The maximum atomic E-state index is 11.7. The van der Waals surface area contributed by atoms with E-state index in [4.69, 9.17) is 4.74 Å². The Bertz CT molecular complexity index is 584. The lowest BCUT2D eigenvalue weighted by atomic mass is 10.3. The van der Waals surface area contributed by atoms with Crippen LogP contribution in [0.2, 0.25) is 0 Å². The third-order valence-corrected chi connectivity index (χ3v) is 3.79. The number of fused-ring (bicyclic) bond motifs is 1. The van der Waals surface area contributed by atoms with Crippen molar-refractivity contribution in [3.63, 3.8) is 0 Å². The number of rotatable bonds is 4. The second-order valence-corrected chi connectivity index (χ2v) is 5.29. The average molecular weight is 288 g/mol. The highest BCUT2D eigenvalue weighted by Crippen LogP contribution is 2.10. The van der Waals surface area contributed by atoms with Gasteiger partial charge in [-0.15, -0.1) is 0 Å². The Balaban J connectivity index is 1.56. The van der Waals surface area contributed by atoms with E-state index >= 15 is 0 Å². The molecule has 0 bridgehead atoms. The Morgan fingerprint density at radius 1 is 1.29 bits per heavy atom. The topological polar surface area (TPSA) is 50.1 Å². The number of amides is 1. The van der Waals surface area contributed by atoms with E-state index in [1.807, 2.05) is 33.7 Å². The molecular weight excluding hydrogens is 268 g/mol. The molecule has 0 saturated carbocycles. The molecule has 0 aliphatic carbocycles. The third kappa shape index (κ3) is 3.22. The number of pyridine rings is 1. The summed E-state index contributed by atoms with van der Waals surface area (Å²) in [4.78, 5) is 20.6. The van der Waals surface area contributed by atoms with Crippen LogP contribution in [0.5, 0.6) is 0 Å². The molecule has 112 valence electrons. The lowest BCUT2D eigenvalue weighted by Crippen LogP contribution is -2.49. The molecule has 1 aliphatic rings. The van der Waals surface area contributed by atoms with E-state index in [1.54, 1.807) is 7.11 Å². The van der Waals surface area contributed by atoms with Gasteiger partial charge in [0, 0.05) is 52.2 Å². The van der Waals surface area contributed by atoms with Gasteiger partial charge in [0.2, 0.25) is 5.91 Å². The Hall–Kier alpha value is -1.92. The summed E-state index contributed by atoms with van der Waals surface area (Å²) in [5, 5.41) is 0. The van der Waals surface area contributed by atoms with Crippen LogP contribution in [-0.4, -0.2) is 65.0 Å². The fraction of sp³-hybridized carbons (Fsp3) is 0.467. The highest BCUT2D eigenvalue weighted by molar-refractivity contribution is 5.77. The van der Waals surface area contributed by atoms with Crippen molar-refractivity contribution in [3.8, 4) is 0 Å². The molecule has 2 aromatic heterocycles. The summed E-state index contributed by atoms with van der Waals surface area (Å²) in [5.41, 5.74) is 2.04. The van der Waals surface area contributed by atoms with Crippen molar-refractivity contribution >= 4 is 11.6 Å². The van der Waals surface area contributed by atoms with Crippen LogP contribution in [-0.2, 0) is 16.1 Å². The second kappa shape index (κ2) is 6.24. The molecule has 0 N–H and O–H groups in total. The molecule has 0 unspecified atom stereocenters. The number of ether oxygens (including phenoxy) is 1. The second-order valence-electron chi connectivity index (χ2n) is 5.29. The molecule has 2 aromatic rings. The van der Waals surface area contributed by atoms with Gasteiger partial charge in [-0.2, -0.15) is 0 Å². The lowest BCUT2D eigenvalue weighted by molar-refractivity contribution is -0.136. The van der Waals surface area contributed by atoms with Crippen molar-refractivity contribution in [3.05, 3.63) is 36.3 Å². The predicted octanol–water partition coefficient (Wildman–Crippen LogP) is 0.625. The predicted molar refractivity (Wildman–Crippen MR) is 78.9 cm³/mol. The van der Waals surface area contributed by atoms with Crippen LogP contribution >= 0.6 is 0 Å². The standard InChI is InChI=1S/C15H20N4O2/c1-21-12-15(20)18-8-6-17(7-9-18)10-13-11-19-5-3-2-4-14(19)16-13/h2-5,11H,6-10,12H2,1H3. The Morgan fingerprint density at radius 3 is 2.81 bits per heavy atom. The highest BCUT2D eigenvalue weighted by atomic mass is 16.5. The normalized spacial score (nSPS) is 16.5. The van der Waals surface area contributed by atoms with Crippen molar-refractivity contribution < 1.29 is 9.53 Å². The zero-order valence-electron chi connectivity index (χ0n) is 12.2. The summed E-state index contributed by atoms with van der Waals surface area (Å²) >= 11 is 0. The number of hydrogen-bond acceptors (Lipinski definition) is 4. The minimum atomic E-state index is 0.0740. The number of nitrogens with zero attached hydrogens (tertiary/aromatic N) is 4. The quantitative estimate of drug-likeness (QED) is 0.828. The monoisotopic (exact) mass is 288 g/mol. The summed E-state index contributed by atoms with van der Waals surface area (Å²) in [6.45, 7) is 4.28. The third-order valence-electron chi connectivity index (χ3n) is 3.79. The summed E-state index contributed by atoms with van der Waals surface area (Å²) in [6, 6.07) is 6.00. The molecule has 3 rings (SSSR count). The van der Waals surface area contributed by atoms with Crippen molar-refractivity contribution in [2.75, 3.05) is 39.9 Å². The van der Waals surface area contributed by atoms with Gasteiger partial charge in [-0.3, -0.25) is 9.69 Å². The van der Waals surface area contributed by atoms with Crippen LogP contribution in [0.1, 0.15) is 5.69 Å². The molecule has 0 radical (unpaired) electrons. The van der Waals surface area contributed by atoms with E-state index in [-0.39, 0.29) is 12.5 Å². The first kappa shape index (κ1) is 14.0. The number of carbonyl (C=O) groups is 1. The zero-order valence-corrected chi connectivity index (χ0v) is 12.2. The van der Waals surface area contributed by atoms with Gasteiger partial charge in [0.1, 0.15) is 12.3 Å². The van der Waals surface area contributed by atoms with E-state index in [0.717, 1.165) is 44.1 Å². The van der Waals surface area contributed by atoms with Crippen molar-refractivity contribution in [2.45, 2.75) is 6.54 Å². The number of imidazole rings is 1. The molecule has 1 aliphatic heterocycles. The van der Waals surface area contributed by atoms with Gasteiger partial charge in [-0.25, -0.2) is 4.98 Å². The first-order chi connectivity index (χ1) is 10.3. The first-order valence-electron chi connectivity index (χ1n) is 7.18. The van der Waals surface area contributed by atoms with Crippen LogP contribution in [0, 0.1) is 0 Å². The van der Waals surface area contributed by atoms with Crippen molar-refractivity contribution in [1.29, 1.82) is 0 Å². The van der Waals surface area contributed by atoms with Crippen LogP contribution in [0.15, 0.2) is 30.6 Å². The number of piperazine rings is 1. The smallest absolute Gasteiger partial charge is 0.248 e. The minimum absolute atomic E-state index is 0.0740. The zero-order chi connectivity index (χ0) is 14.7. The maximum absolute atomic E-state index is 11.7. The number of methoxy groups -OCH3 is 1. The van der Waals surface area contributed by atoms with Crippen LogP contribution < -0.4 is 0 Å². The molecule has 0 spiro atoms. The fourth-order valence-corrected chi connectivity index (χ4v) is 2.66. The summed E-state index contributed by atoms with van der Waals surface area (Å²) in [5.74, 6) is 0.0740. The van der Waals surface area contributed by atoms with Crippen LogP contribution in [0.4, 0.5) is 0 Å². The SMILES string of the molecule is COCC(=O)N1CCN(Cc2cn3ccccc3n2)CC1. The summed E-state index contributed by atoms with van der Waals surface area (Å²) in [6.07, 6.45) is 4.07. The molecule has 3 heterocycles. The van der Waals surface area contributed by atoms with Gasteiger partial charge in [-0.1, -0.05) is 6.07 Å². The van der Waals surface area contributed by atoms with Gasteiger partial charge < -0.3 is 14.0 Å². The average Bonchev–Trinajstić information content (AvgIpc) is 2.90. The fourth-order valence-electron chi connectivity index (χ4n) is 2.66. The van der Waals surface area contributed by atoms with Gasteiger partial charge in [0.15, 0.2) is 0 Å². The molecule has 1 saturated heterocycles. The molecule has 6 heteroatoms.